The second-order valence-corrected chi connectivity index (χ2v) is 9.56. The smallest absolute Gasteiger partial charge is 0.227 e. The predicted molar refractivity (Wildman–Crippen MR) is 104 cm³/mol. The summed E-state index contributed by atoms with van der Waals surface area (Å²) in [6, 6.07) is 9.80. The van der Waals surface area contributed by atoms with Crippen molar-refractivity contribution in [2.45, 2.75) is 26.1 Å². The van der Waals surface area contributed by atoms with Crippen LogP contribution in [-0.2, 0) is 29.7 Å². The molecule has 0 spiro atoms. The Morgan fingerprint density at radius 3 is 2.54 bits per heavy atom. The van der Waals surface area contributed by atoms with E-state index in [4.69, 9.17) is 9.15 Å². The summed E-state index contributed by atoms with van der Waals surface area (Å²) in [5.74, 6) is 0.859. The average molecular weight is 404 g/mol. The molecule has 28 heavy (non-hydrogen) atoms. The Bertz CT molecular complexity index is 992. The first kappa shape index (κ1) is 19.2. The summed E-state index contributed by atoms with van der Waals surface area (Å²) < 4.78 is 35.8. The molecule has 7 nitrogen and oxygen atoms in total. The molecule has 150 valence electrons. The van der Waals surface area contributed by atoms with Crippen molar-refractivity contribution in [2.75, 3.05) is 26.0 Å². The molecule has 1 aromatic heterocycles. The molecule has 2 aromatic rings. The highest BCUT2D eigenvalue weighted by molar-refractivity contribution is 7.88. The molecular formula is C20H24N2O5S. The zero-order valence-corrected chi connectivity index (χ0v) is 16.7. The molecule has 1 aromatic carbocycles. The minimum absolute atomic E-state index is 0.0805. The fourth-order valence-electron chi connectivity index (χ4n) is 3.80. The van der Waals surface area contributed by atoms with Gasteiger partial charge in [0, 0.05) is 38.2 Å². The summed E-state index contributed by atoms with van der Waals surface area (Å²) in [7, 11) is -3.17. The van der Waals surface area contributed by atoms with Gasteiger partial charge in [-0.15, -0.1) is 0 Å². The lowest BCUT2D eigenvalue weighted by Crippen LogP contribution is -2.28. The van der Waals surface area contributed by atoms with Gasteiger partial charge in [-0.05, 0) is 17.5 Å². The number of hydrogen-bond donors (Lipinski definition) is 0. The van der Waals surface area contributed by atoms with Gasteiger partial charge in [-0.3, -0.25) is 9.69 Å². The monoisotopic (exact) mass is 404 g/mol. The van der Waals surface area contributed by atoms with Crippen LogP contribution in [0.15, 0.2) is 45.8 Å². The summed E-state index contributed by atoms with van der Waals surface area (Å²) in [5, 5.41) is 0. The Morgan fingerprint density at radius 2 is 1.93 bits per heavy atom. The first-order valence-corrected chi connectivity index (χ1v) is 11.2. The van der Waals surface area contributed by atoms with Crippen LogP contribution in [0, 0.1) is 5.92 Å². The molecule has 0 aliphatic carbocycles. The molecule has 0 N–H and O–H groups in total. The molecule has 1 fully saturated rings. The van der Waals surface area contributed by atoms with Crippen LogP contribution in [0.5, 0.6) is 5.75 Å². The van der Waals surface area contributed by atoms with Crippen LogP contribution in [0.1, 0.15) is 23.3 Å². The molecule has 2 aliphatic rings. The average Bonchev–Trinajstić information content (AvgIpc) is 3.27. The number of hydrogen-bond acceptors (Lipinski definition) is 6. The van der Waals surface area contributed by atoms with Crippen molar-refractivity contribution in [3.8, 4) is 5.75 Å². The van der Waals surface area contributed by atoms with E-state index in [0.717, 1.165) is 19.5 Å². The van der Waals surface area contributed by atoms with Crippen molar-refractivity contribution in [1.29, 1.82) is 0 Å². The molecule has 3 heterocycles. The zero-order chi connectivity index (χ0) is 19.7. The normalized spacial score (nSPS) is 20.4. The van der Waals surface area contributed by atoms with Gasteiger partial charge in [0.15, 0.2) is 0 Å². The van der Waals surface area contributed by atoms with Crippen molar-refractivity contribution in [3.05, 3.63) is 63.7 Å². The van der Waals surface area contributed by atoms with E-state index in [1.807, 2.05) is 12.1 Å². The molecule has 4 rings (SSSR count). The van der Waals surface area contributed by atoms with Crippen molar-refractivity contribution in [2.24, 2.45) is 5.92 Å². The third kappa shape index (κ3) is 4.29. The van der Waals surface area contributed by atoms with Gasteiger partial charge in [0.25, 0.3) is 0 Å². The highest BCUT2D eigenvalue weighted by Crippen LogP contribution is 2.24. The number of nitrogens with zero attached hydrogens (tertiary/aromatic N) is 2. The van der Waals surface area contributed by atoms with E-state index in [1.165, 1.54) is 34.0 Å². The minimum Gasteiger partial charge on any atom is -0.486 e. The Hall–Kier alpha value is -2.16. The summed E-state index contributed by atoms with van der Waals surface area (Å²) in [6.45, 7) is 3.48. The van der Waals surface area contributed by atoms with Gasteiger partial charge in [-0.2, -0.15) is 0 Å². The molecule has 1 saturated heterocycles. The summed E-state index contributed by atoms with van der Waals surface area (Å²) in [5.41, 5.74) is 2.41. The Labute approximate surface area is 164 Å². The van der Waals surface area contributed by atoms with Crippen LogP contribution in [0.2, 0.25) is 0 Å². The van der Waals surface area contributed by atoms with Crippen LogP contribution < -0.4 is 10.2 Å². The van der Waals surface area contributed by atoms with E-state index in [2.05, 4.69) is 17.0 Å². The summed E-state index contributed by atoms with van der Waals surface area (Å²) in [4.78, 5) is 14.6. The third-order valence-electron chi connectivity index (χ3n) is 5.33. The van der Waals surface area contributed by atoms with E-state index in [-0.39, 0.29) is 17.1 Å². The van der Waals surface area contributed by atoms with E-state index in [1.54, 1.807) is 0 Å². The standard InChI is InChI=1S/C20H24N2O5S/c1-28(24,25)22-7-6-15(9-22)13-27-20-14-26-18(8-19(20)23)12-21-10-16-4-2-3-5-17(16)11-21/h2-5,8,14-15H,6-7,9-13H2,1H3/t15-/m1/s1. The first-order valence-electron chi connectivity index (χ1n) is 9.37. The Kier molecular flexibility index (Phi) is 5.27. The lowest BCUT2D eigenvalue weighted by molar-refractivity contribution is 0.231. The van der Waals surface area contributed by atoms with Gasteiger partial charge in [0.05, 0.1) is 19.4 Å². The van der Waals surface area contributed by atoms with Gasteiger partial charge in [0.2, 0.25) is 21.2 Å². The van der Waals surface area contributed by atoms with Gasteiger partial charge in [-0.1, -0.05) is 24.3 Å². The predicted octanol–water partition coefficient (Wildman–Crippen LogP) is 1.82. The molecule has 1 atom stereocenters. The van der Waals surface area contributed by atoms with Gasteiger partial charge < -0.3 is 9.15 Å². The number of fused-ring (bicyclic) bond motifs is 1. The molecule has 8 heteroatoms. The third-order valence-corrected chi connectivity index (χ3v) is 6.60. The van der Waals surface area contributed by atoms with Crippen LogP contribution >= 0.6 is 0 Å². The highest BCUT2D eigenvalue weighted by atomic mass is 32.2. The number of benzene rings is 1. The Morgan fingerprint density at radius 1 is 1.21 bits per heavy atom. The Balaban J connectivity index is 1.32. The van der Waals surface area contributed by atoms with Crippen molar-refractivity contribution >= 4 is 10.0 Å². The number of rotatable bonds is 6. The molecule has 0 amide bonds. The second kappa shape index (κ2) is 7.69. The van der Waals surface area contributed by atoms with Gasteiger partial charge in [-0.25, -0.2) is 12.7 Å². The topological polar surface area (TPSA) is 80.1 Å². The number of sulfonamides is 1. The van der Waals surface area contributed by atoms with Crippen molar-refractivity contribution in [1.82, 2.24) is 9.21 Å². The summed E-state index contributed by atoms with van der Waals surface area (Å²) in [6.07, 6.45) is 3.30. The van der Waals surface area contributed by atoms with Crippen LogP contribution in [0.3, 0.4) is 0 Å². The quantitative estimate of drug-likeness (QED) is 0.731. The molecule has 0 bridgehead atoms. The van der Waals surface area contributed by atoms with Crippen LogP contribution in [0.25, 0.3) is 0 Å². The highest BCUT2D eigenvalue weighted by Gasteiger charge is 2.29. The first-order chi connectivity index (χ1) is 13.4. The van der Waals surface area contributed by atoms with E-state index < -0.39 is 10.0 Å². The SMILES string of the molecule is CS(=O)(=O)N1CC[C@@H](COc2coc(CN3Cc4ccccc4C3)cc2=O)C1. The maximum atomic E-state index is 12.4. The summed E-state index contributed by atoms with van der Waals surface area (Å²) >= 11 is 0. The maximum absolute atomic E-state index is 12.4. The molecular weight excluding hydrogens is 380 g/mol. The van der Waals surface area contributed by atoms with Crippen LogP contribution in [-0.4, -0.2) is 43.6 Å². The largest absolute Gasteiger partial charge is 0.486 e. The molecule has 2 aliphatic heterocycles. The fraction of sp³-hybridized carbons (Fsp3) is 0.450. The zero-order valence-electron chi connectivity index (χ0n) is 15.8. The fourth-order valence-corrected chi connectivity index (χ4v) is 4.72. The lowest BCUT2D eigenvalue weighted by atomic mass is 10.1. The lowest BCUT2D eigenvalue weighted by Gasteiger charge is -2.15. The number of ether oxygens (including phenoxy) is 1. The molecule has 0 unspecified atom stereocenters. The van der Waals surface area contributed by atoms with Gasteiger partial charge >= 0.3 is 0 Å². The van der Waals surface area contributed by atoms with Gasteiger partial charge in [0.1, 0.15) is 12.0 Å². The molecule has 0 saturated carbocycles. The van der Waals surface area contributed by atoms with Crippen LogP contribution in [0.4, 0.5) is 0 Å². The van der Waals surface area contributed by atoms with Crippen molar-refractivity contribution in [3.63, 3.8) is 0 Å². The second-order valence-electron chi connectivity index (χ2n) is 7.58. The van der Waals surface area contributed by atoms with E-state index in [9.17, 15) is 13.2 Å². The van der Waals surface area contributed by atoms with E-state index in [0.29, 0.717) is 32.0 Å². The van der Waals surface area contributed by atoms with Crippen molar-refractivity contribution < 1.29 is 17.6 Å². The molecule has 0 radical (unpaired) electrons. The minimum atomic E-state index is -3.17. The maximum Gasteiger partial charge on any atom is 0.227 e. The van der Waals surface area contributed by atoms with E-state index >= 15 is 0 Å².